The summed E-state index contributed by atoms with van der Waals surface area (Å²) in [5.41, 5.74) is -4.42. The largest absolute Gasteiger partial charge is 0.377 e. The van der Waals surface area contributed by atoms with Gasteiger partial charge in [0, 0.05) is 35.4 Å². The molecule has 3 amide bonds. The maximum absolute atomic E-state index is 14.5. The quantitative estimate of drug-likeness (QED) is 0.390. The van der Waals surface area contributed by atoms with Gasteiger partial charge in [-0.1, -0.05) is 25.4 Å². The zero-order chi connectivity index (χ0) is 30.4. The molecule has 4 rings (SSSR count). The molecule has 1 aromatic heterocycles. The molecule has 14 heteroatoms. The van der Waals surface area contributed by atoms with E-state index in [0.717, 1.165) is 23.1 Å². The molecule has 1 aliphatic carbocycles. The lowest BCUT2D eigenvalue weighted by atomic mass is 9.71. The number of carbonyl (C=O) groups is 3. The molecule has 0 spiro atoms. The van der Waals surface area contributed by atoms with Crippen LogP contribution < -0.4 is 15.5 Å². The third kappa shape index (κ3) is 5.23. The van der Waals surface area contributed by atoms with Crippen LogP contribution in [0.5, 0.6) is 0 Å². The number of nitrogens with zero attached hydrogens (tertiary/aromatic N) is 3. The molecule has 2 aliphatic rings. The number of aliphatic hydroxyl groups is 1. The number of carbonyl (C=O) groups excluding carboxylic acids is 3. The molecule has 41 heavy (non-hydrogen) atoms. The molecule has 0 fully saturated rings. The summed E-state index contributed by atoms with van der Waals surface area (Å²) in [7, 11) is 1.34. The maximum atomic E-state index is 14.5. The molecule has 1 aliphatic heterocycles. The molecule has 0 radical (unpaired) electrons. The number of fused-ring (bicyclic) bond motifs is 1. The highest BCUT2D eigenvalue weighted by Crippen LogP contribution is 2.51. The second-order valence-corrected chi connectivity index (χ2v) is 10.8. The van der Waals surface area contributed by atoms with Crippen LogP contribution in [0.4, 0.5) is 33.9 Å². The lowest BCUT2D eigenvalue weighted by Crippen LogP contribution is -2.43. The SMILES string of the molecule is CNC(=O)c1nc(NC(=O)N2C[C@@](O)(C(F)F)c3cc(F)ccc32)c([C@H](C)C2(C)CC(F)=CC=C2Cl)n1CC(C)=O. The number of alkyl halides is 2. The number of amides is 3. The van der Waals surface area contributed by atoms with Crippen molar-refractivity contribution in [1.82, 2.24) is 14.9 Å². The average Bonchev–Trinajstić information content (AvgIpc) is 3.40. The summed E-state index contributed by atoms with van der Waals surface area (Å²) in [5, 5.41) is 15.9. The van der Waals surface area contributed by atoms with Crippen molar-refractivity contribution in [3.63, 3.8) is 0 Å². The van der Waals surface area contributed by atoms with Gasteiger partial charge in [0.15, 0.2) is 11.4 Å². The minimum atomic E-state index is -3.35. The Labute approximate surface area is 237 Å². The van der Waals surface area contributed by atoms with E-state index in [-0.39, 0.29) is 46.8 Å². The van der Waals surface area contributed by atoms with Crippen LogP contribution in [-0.4, -0.2) is 52.4 Å². The van der Waals surface area contributed by atoms with Crippen LogP contribution in [0.1, 0.15) is 55.0 Å². The Balaban J connectivity index is 1.84. The van der Waals surface area contributed by atoms with Crippen molar-refractivity contribution in [3.05, 3.63) is 64.1 Å². The van der Waals surface area contributed by atoms with Gasteiger partial charge in [-0.15, -0.1) is 0 Å². The van der Waals surface area contributed by atoms with Gasteiger partial charge in [0.05, 0.1) is 24.5 Å². The van der Waals surface area contributed by atoms with Crippen LogP contribution in [0.2, 0.25) is 0 Å². The van der Waals surface area contributed by atoms with Gasteiger partial charge in [-0.2, -0.15) is 0 Å². The first-order chi connectivity index (χ1) is 19.1. The minimum absolute atomic E-state index is 0.135. The molecule has 1 aromatic carbocycles. The summed E-state index contributed by atoms with van der Waals surface area (Å²) < 4.78 is 57.5. The zero-order valence-electron chi connectivity index (χ0n) is 22.6. The Morgan fingerprint density at radius 2 is 1.90 bits per heavy atom. The summed E-state index contributed by atoms with van der Waals surface area (Å²) in [6.07, 6.45) is -0.870. The smallest absolute Gasteiger partial charge is 0.327 e. The third-order valence-electron chi connectivity index (χ3n) is 7.62. The van der Waals surface area contributed by atoms with E-state index in [9.17, 15) is 37.1 Å². The fraction of sp³-hybridized carbons (Fsp3) is 0.407. The number of Topliss-reactive ketones (excluding diaryl/α,β-unsaturated/α-hetero) is 1. The Kier molecular flexibility index (Phi) is 8.07. The van der Waals surface area contributed by atoms with Crippen molar-refractivity contribution in [2.75, 3.05) is 23.8 Å². The van der Waals surface area contributed by atoms with Crippen LogP contribution >= 0.6 is 11.6 Å². The second-order valence-electron chi connectivity index (χ2n) is 10.4. The number of hydrogen-bond acceptors (Lipinski definition) is 5. The van der Waals surface area contributed by atoms with Crippen LogP contribution in [0, 0.1) is 11.2 Å². The number of rotatable bonds is 7. The molecule has 9 nitrogen and oxygen atoms in total. The molecule has 2 heterocycles. The van der Waals surface area contributed by atoms with Gasteiger partial charge in [-0.05, 0) is 37.3 Å². The number of halogens is 5. The molecule has 2 aromatic rings. The average molecular weight is 598 g/mol. The Hall–Kier alpha value is -3.71. The number of ketones is 1. The molecule has 1 unspecified atom stereocenters. The van der Waals surface area contributed by atoms with Crippen molar-refractivity contribution >= 4 is 40.8 Å². The highest BCUT2D eigenvalue weighted by molar-refractivity contribution is 6.30. The van der Waals surface area contributed by atoms with Crippen molar-refractivity contribution in [2.24, 2.45) is 5.41 Å². The predicted octanol–water partition coefficient (Wildman–Crippen LogP) is 4.97. The number of imidazole rings is 1. The normalized spacial score (nSPS) is 22.7. The molecule has 3 atom stereocenters. The summed E-state index contributed by atoms with van der Waals surface area (Å²) in [6, 6.07) is 1.74. The van der Waals surface area contributed by atoms with Crippen LogP contribution in [0.3, 0.4) is 0 Å². The lowest BCUT2D eigenvalue weighted by molar-refractivity contribution is -0.117. The van der Waals surface area contributed by atoms with E-state index < -0.39 is 59.0 Å². The molecule has 3 N–H and O–H groups in total. The van der Waals surface area contributed by atoms with Crippen molar-refractivity contribution < 1.29 is 37.1 Å². The third-order valence-corrected chi connectivity index (χ3v) is 8.18. The van der Waals surface area contributed by atoms with Crippen LogP contribution in [0.15, 0.2) is 41.2 Å². The minimum Gasteiger partial charge on any atom is -0.377 e. The van der Waals surface area contributed by atoms with Gasteiger partial charge >= 0.3 is 6.03 Å². The number of β-amino-alcohol motifs (C(OH)–C–C–N with tert-alkyl or cyclic N) is 1. The number of nitrogens with one attached hydrogen (secondary N) is 2. The lowest BCUT2D eigenvalue weighted by Gasteiger charge is -2.37. The zero-order valence-corrected chi connectivity index (χ0v) is 23.3. The summed E-state index contributed by atoms with van der Waals surface area (Å²) in [5.74, 6) is -3.63. The number of urea groups is 1. The first kappa shape index (κ1) is 30.3. The van der Waals surface area contributed by atoms with Crippen LogP contribution in [0.25, 0.3) is 0 Å². The van der Waals surface area contributed by atoms with Crippen molar-refractivity contribution in [1.29, 1.82) is 0 Å². The molecular weight excluding hydrogens is 570 g/mol. The Bertz CT molecular complexity index is 1490. The maximum Gasteiger partial charge on any atom is 0.327 e. The van der Waals surface area contributed by atoms with E-state index >= 15 is 0 Å². The highest BCUT2D eigenvalue weighted by atomic mass is 35.5. The van der Waals surface area contributed by atoms with E-state index in [1.165, 1.54) is 30.7 Å². The monoisotopic (exact) mass is 597 g/mol. The molecular formula is C27H28ClF4N5O4. The van der Waals surface area contributed by atoms with Gasteiger partial charge in [0.2, 0.25) is 5.82 Å². The van der Waals surface area contributed by atoms with E-state index in [1.54, 1.807) is 13.8 Å². The number of hydrogen-bond donors (Lipinski definition) is 3. The summed E-state index contributed by atoms with van der Waals surface area (Å²) in [6.45, 7) is 3.38. The fourth-order valence-electron chi connectivity index (χ4n) is 5.21. The molecule has 0 saturated heterocycles. The first-order valence-electron chi connectivity index (χ1n) is 12.6. The van der Waals surface area contributed by atoms with Gasteiger partial charge in [0.1, 0.15) is 17.4 Å². The number of benzene rings is 1. The Morgan fingerprint density at radius 1 is 1.22 bits per heavy atom. The van der Waals surface area contributed by atoms with Crippen LogP contribution in [-0.2, 0) is 16.9 Å². The van der Waals surface area contributed by atoms with Gasteiger partial charge < -0.3 is 15.0 Å². The van der Waals surface area contributed by atoms with E-state index in [4.69, 9.17) is 11.6 Å². The van der Waals surface area contributed by atoms with E-state index in [1.807, 2.05) is 0 Å². The topological polar surface area (TPSA) is 117 Å². The Morgan fingerprint density at radius 3 is 2.51 bits per heavy atom. The van der Waals surface area contributed by atoms with Crippen molar-refractivity contribution in [2.45, 2.75) is 51.7 Å². The van der Waals surface area contributed by atoms with Gasteiger partial charge in [-0.3, -0.25) is 19.8 Å². The standard InChI is InChI=1S/C27H28ClF4N5O4/c1-13(38)11-36-20(14(2)26(3)10-16(30)6-8-19(26)28)21(34-22(36)23(39)33-4)35-25(40)37-12-27(41,24(31)32)17-9-15(29)5-7-18(17)37/h5-9,14,24,41H,10-12H2,1-4H3,(H,33,39)(H,35,40)/t14-,26?,27-/m0/s1. The first-order valence-corrected chi connectivity index (χ1v) is 12.9. The second kappa shape index (κ2) is 10.9. The fourth-order valence-corrected chi connectivity index (χ4v) is 5.51. The number of aromatic nitrogens is 2. The molecule has 0 saturated carbocycles. The van der Waals surface area contributed by atoms with E-state index in [2.05, 4.69) is 15.6 Å². The predicted molar refractivity (Wildman–Crippen MR) is 143 cm³/mol. The summed E-state index contributed by atoms with van der Waals surface area (Å²) >= 11 is 6.53. The van der Waals surface area contributed by atoms with Gasteiger partial charge in [-0.25, -0.2) is 27.3 Å². The molecule has 0 bridgehead atoms. The summed E-state index contributed by atoms with van der Waals surface area (Å²) in [4.78, 5) is 43.7. The number of allylic oxidation sites excluding steroid dienone is 4. The highest BCUT2D eigenvalue weighted by Gasteiger charge is 2.51. The van der Waals surface area contributed by atoms with E-state index in [0.29, 0.717) is 0 Å². The number of anilines is 2. The van der Waals surface area contributed by atoms with Gasteiger partial charge in [0.25, 0.3) is 12.3 Å². The molecule has 220 valence electrons. The van der Waals surface area contributed by atoms with Crippen molar-refractivity contribution in [3.8, 4) is 0 Å².